The number of sulfonamides is 1. The van der Waals surface area contributed by atoms with Crippen LogP contribution in [0.3, 0.4) is 0 Å². The smallest absolute Gasteiger partial charge is 0.207 e. The molecule has 1 heterocycles. The van der Waals surface area contributed by atoms with Gasteiger partial charge in [-0.2, -0.15) is 0 Å². The van der Waals surface area contributed by atoms with Crippen molar-refractivity contribution in [2.75, 3.05) is 5.75 Å². The van der Waals surface area contributed by atoms with Crippen LogP contribution in [0.2, 0.25) is 0 Å². The molecule has 1 atom stereocenters. The normalized spacial score (nSPS) is 18.0. The van der Waals surface area contributed by atoms with Gasteiger partial charge in [0.1, 0.15) is 16.5 Å². The molecule has 0 spiro atoms. The van der Waals surface area contributed by atoms with Crippen LogP contribution in [0.1, 0.15) is 18.0 Å². The molecule has 2 aromatic rings. The van der Waals surface area contributed by atoms with E-state index in [4.69, 9.17) is 0 Å². The Morgan fingerprint density at radius 1 is 1.14 bits per heavy atom. The van der Waals surface area contributed by atoms with Crippen LogP contribution in [0.5, 0.6) is 0 Å². The van der Waals surface area contributed by atoms with E-state index >= 15 is 0 Å². The highest BCUT2D eigenvalue weighted by molar-refractivity contribution is 7.99. The van der Waals surface area contributed by atoms with Gasteiger partial charge in [0.25, 0.3) is 0 Å². The first-order valence-electron chi connectivity index (χ1n) is 6.66. The molecule has 3 rings (SSSR count). The van der Waals surface area contributed by atoms with Gasteiger partial charge in [0, 0.05) is 10.9 Å². The molecule has 1 unspecified atom stereocenters. The molecule has 0 aliphatic carbocycles. The molecule has 3 nitrogen and oxygen atoms in total. The molecule has 0 saturated heterocycles. The number of halogens is 2. The monoisotopic (exact) mass is 341 g/mol. The van der Waals surface area contributed by atoms with Crippen LogP contribution >= 0.6 is 11.8 Å². The van der Waals surface area contributed by atoms with E-state index in [1.165, 1.54) is 0 Å². The average Bonchev–Trinajstić information content (AvgIpc) is 2.50. The van der Waals surface area contributed by atoms with Crippen molar-refractivity contribution in [3.63, 3.8) is 0 Å². The third kappa shape index (κ3) is 3.02. The molecule has 0 amide bonds. The Kier molecular flexibility index (Phi) is 4.20. The number of hydrogen-bond donors (Lipinski definition) is 1. The fourth-order valence-corrected chi connectivity index (χ4v) is 4.86. The van der Waals surface area contributed by atoms with Gasteiger partial charge >= 0.3 is 0 Å². The molecular formula is C15H13F2NO2S2. The zero-order valence-corrected chi connectivity index (χ0v) is 13.1. The number of hydrogen-bond acceptors (Lipinski definition) is 3. The predicted molar refractivity (Wildman–Crippen MR) is 81.2 cm³/mol. The summed E-state index contributed by atoms with van der Waals surface area (Å²) in [4.78, 5) is 0.337. The lowest BCUT2D eigenvalue weighted by Crippen LogP contribution is -2.31. The van der Waals surface area contributed by atoms with Gasteiger partial charge in [-0.3, -0.25) is 0 Å². The number of benzene rings is 2. The quantitative estimate of drug-likeness (QED) is 0.930. The Labute approximate surface area is 131 Å². The van der Waals surface area contributed by atoms with Crippen molar-refractivity contribution in [1.29, 1.82) is 0 Å². The van der Waals surface area contributed by atoms with Crippen molar-refractivity contribution < 1.29 is 17.2 Å². The van der Waals surface area contributed by atoms with Gasteiger partial charge in [-0.25, -0.2) is 21.9 Å². The van der Waals surface area contributed by atoms with Gasteiger partial charge in [-0.1, -0.05) is 18.2 Å². The molecule has 0 bridgehead atoms. The SMILES string of the molecule is O=S(=O)(NC1CCSc2ccccc21)c1cc(F)ccc1F. The van der Waals surface area contributed by atoms with E-state index < -0.39 is 32.6 Å². The summed E-state index contributed by atoms with van der Waals surface area (Å²) in [5, 5.41) is 0. The molecule has 0 saturated carbocycles. The van der Waals surface area contributed by atoms with Crippen molar-refractivity contribution in [3.8, 4) is 0 Å². The summed E-state index contributed by atoms with van der Waals surface area (Å²) in [6.45, 7) is 0. The minimum Gasteiger partial charge on any atom is -0.207 e. The first kappa shape index (κ1) is 15.5. The lowest BCUT2D eigenvalue weighted by Gasteiger charge is -2.25. The van der Waals surface area contributed by atoms with Crippen LogP contribution in [-0.4, -0.2) is 14.2 Å². The summed E-state index contributed by atoms with van der Waals surface area (Å²) >= 11 is 1.65. The van der Waals surface area contributed by atoms with Crippen molar-refractivity contribution in [2.24, 2.45) is 0 Å². The van der Waals surface area contributed by atoms with Crippen LogP contribution in [0.15, 0.2) is 52.3 Å². The molecule has 1 N–H and O–H groups in total. The lowest BCUT2D eigenvalue weighted by atomic mass is 10.1. The maximum absolute atomic E-state index is 13.7. The van der Waals surface area contributed by atoms with E-state index in [1.54, 1.807) is 11.8 Å². The fraction of sp³-hybridized carbons (Fsp3) is 0.200. The molecule has 7 heteroatoms. The van der Waals surface area contributed by atoms with Gasteiger partial charge in [-0.15, -0.1) is 11.8 Å². The molecule has 1 aliphatic rings. The second-order valence-electron chi connectivity index (χ2n) is 4.92. The Hall–Kier alpha value is -1.44. The highest BCUT2D eigenvalue weighted by atomic mass is 32.2. The molecule has 1 aliphatic heterocycles. The summed E-state index contributed by atoms with van der Waals surface area (Å²) in [5.74, 6) is -0.996. The van der Waals surface area contributed by atoms with Gasteiger partial charge in [0.05, 0.1) is 0 Å². The van der Waals surface area contributed by atoms with E-state index in [0.717, 1.165) is 28.3 Å². The standard InChI is InChI=1S/C15H13F2NO2S2/c16-10-5-6-12(17)15(9-10)22(19,20)18-13-7-8-21-14-4-2-1-3-11(13)14/h1-6,9,13,18H,7-8H2. The Bertz CT molecular complexity index is 809. The summed E-state index contributed by atoms with van der Waals surface area (Å²) < 4.78 is 54.2. The van der Waals surface area contributed by atoms with Crippen LogP contribution in [0.25, 0.3) is 0 Å². The number of rotatable bonds is 3. The minimum absolute atomic E-state index is 0.440. The fourth-order valence-electron chi connectivity index (χ4n) is 2.40. The summed E-state index contributed by atoms with van der Waals surface area (Å²) in [7, 11) is -4.13. The lowest BCUT2D eigenvalue weighted by molar-refractivity contribution is 0.526. The summed E-state index contributed by atoms with van der Waals surface area (Å²) in [6, 6.07) is 9.44. The maximum atomic E-state index is 13.7. The summed E-state index contributed by atoms with van der Waals surface area (Å²) in [5.41, 5.74) is 0.860. The molecule has 22 heavy (non-hydrogen) atoms. The number of thioether (sulfide) groups is 1. The van der Waals surface area contributed by atoms with Crippen LogP contribution in [0, 0.1) is 11.6 Å². The van der Waals surface area contributed by atoms with Crippen molar-refractivity contribution in [2.45, 2.75) is 22.3 Å². The number of fused-ring (bicyclic) bond motifs is 1. The second kappa shape index (κ2) is 5.98. The average molecular weight is 341 g/mol. The van der Waals surface area contributed by atoms with E-state index in [0.29, 0.717) is 12.5 Å². The number of nitrogens with one attached hydrogen (secondary N) is 1. The predicted octanol–water partition coefficient (Wildman–Crippen LogP) is 3.48. The Morgan fingerprint density at radius 3 is 2.73 bits per heavy atom. The van der Waals surface area contributed by atoms with E-state index in [1.807, 2.05) is 24.3 Å². The molecule has 0 radical (unpaired) electrons. The highest BCUT2D eigenvalue weighted by Crippen LogP contribution is 2.36. The minimum atomic E-state index is -4.13. The van der Waals surface area contributed by atoms with Gasteiger partial charge in [0.2, 0.25) is 10.0 Å². The van der Waals surface area contributed by atoms with E-state index in [9.17, 15) is 17.2 Å². The summed E-state index contributed by atoms with van der Waals surface area (Å²) in [6.07, 6.45) is 0.595. The Morgan fingerprint density at radius 2 is 1.91 bits per heavy atom. The van der Waals surface area contributed by atoms with Crippen molar-refractivity contribution in [1.82, 2.24) is 4.72 Å². The van der Waals surface area contributed by atoms with E-state index in [-0.39, 0.29) is 0 Å². The topological polar surface area (TPSA) is 46.2 Å². The maximum Gasteiger partial charge on any atom is 0.244 e. The van der Waals surface area contributed by atoms with Gasteiger partial charge in [-0.05, 0) is 42.0 Å². The third-order valence-corrected chi connectivity index (χ3v) is 6.05. The third-order valence-electron chi connectivity index (χ3n) is 3.44. The van der Waals surface area contributed by atoms with E-state index in [2.05, 4.69) is 4.72 Å². The van der Waals surface area contributed by atoms with Crippen molar-refractivity contribution in [3.05, 3.63) is 59.7 Å². The first-order valence-corrected chi connectivity index (χ1v) is 9.13. The molecular weight excluding hydrogens is 328 g/mol. The molecule has 0 aromatic heterocycles. The van der Waals surface area contributed by atoms with Crippen molar-refractivity contribution >= 4 is 21.8 Å². The zero-order chi connectivity index (χ0) is 15.7. The highest BCUT2D eigenvalue weighted by Gasteiger charge is 2.28. The first-order chi connectivity index (χ1) is 10.5. The second-order valence-corrected chi connectivity index (χ2v) is 7.74. The van der Waals surface area contributed by atoms with Gasteiger partial charge < -0.3 is 0 Å². The molecule has 116 valence electrons. The largest absolute Gasteiger partial charge is 0.244 e. The Balaban J connectivity index is 1.95. The van der Waals surface area contributed by atoms with Gasteiger partial charge in [0.15, 0.2) is 0 Å². The van der Waals surface area contributed by atoms with Crippen LogP contribution < -0.4 is 4.72 Å². The molecule has 2 aromatic carbocycles. The van der Waals surface area contributed by atoms with Crippen LogP contribution in [-0.2, 0) is 10.0 Å². The zero-order valence-electron chi connectivity index (χ0n) is 11.4. The molecule has 0 fully saturated rings. The van der Waals surface area contributed by atoms with Crippen LogP contribution in [0.4, 0.5) is 8.78 Å².